The van der Waals surface area contributed by atoms with Crippen LogP contribution in [0.2, 0.25) is 5.02 Å². The summed E-state index contributed by atoms with van der Waals surface area (Å²) < 4.78 is 1.46. The fourth-order valence-electron chi connectivity index (χ4n) is 1.70. The first kappa shape index (κ1) is 12.4. The van der Waals surface area contributed by atoms with Crippen LogP contribution in [0.4, 0.5) is 11.4 Å². The number of amides is 1. The standard InChI is InChI=1S/C12H13ClN4O/c1-7-10(14)11(17(2)16-7)12(18)15-9-5-3-4-8(13)6-9/h3-6H,14H2,1-2H3,(H,15,18). The Hall–Kier alpha value is -2.01. The van der Waals surface area contributed by atoms with Crippen molar-refractivity contribution in [3.8, 4) is 0 Å². The number of nitrogens with two attached hydrogens (primary N) is 1. The molecule has 0 aliphatic rings. The van der Waals surface area contributed by atoms with E-state index >= 15 is 0 Å². The molecule has 0 atom stereocenters. The van der Waals surface area contributed by atoms with Gasteiger partial charge in [0.2, 0.25) is 0 Å². The lowest BCUT2D eigenvalue weighted by atomic mass is 10.2. The highest BCUT2D eigenvalue weighted by atomic mass is 35.5. The first-order chi connectivity index (χ1) is 8.49. The van der Waals surface area contributed by atoms with Gasteiger partial charge in [0, 0.05) is 17.8 Å². The van der Waals surface area contributed by atoms with Gasteiger partial charge < -0.3 is 11.1 Å². The molecule has 0 unspecified atom stereocenters. The number of hydrogen-bond donors (Lipinski definition) is 2. The maximum Gasteiger partial charge on any atom is 0.276 e. The summed E-state index contributed by atoms with van der Waals surface area (Å²) in [4.78, 5) is 12.1. The number of anilines is 2. The van der Waals surface area contributed by atoms with Crippen LogP contribution in [0.25, 0.3) is 0 Å². The summed E-state index contributed by atoms with van der Waals surface area (Å²) in [6.45, 7) is 1.76. The van der Waals surface area contributed by atoms with Gasteiger partial charge in [0.05, 0.1) is 11.4 Å². The molecular formula is C12H13ClN4O. The first-order valence-corrected chi connectivity index (χ1v) is 5.73. The van der Waals surface area contributed by atoms with E-state index in [4.69, 9.17) is 17.3 Å². The van der Waals surface area contributed by atoms with Crippen LogP contribution in [0.15, 0.2) is 24.3 Å². The van der Waals surface area contributed by atoms with Crippen LogP contribution >= 0.6 is 11.6 Å². The fraction of sp³-hybridized carbons (Fsp3) is 0.167. The first-order valence-electron chi connectivity index (χ1n) is 5.35. The van der Waals surface area contributed by atoms with Crippen LogP contribution in [0, 0.1) is 6.92 Å². The lowest BCUT2D eigenvalue weighted by Gasteiger charge is -2.06. The number of rotatable bonds is 2. The number of aryl methyl sites for hydroxylation is 2. The maximum atomic E-state index is 12.1. The summed E-state index contributed by atoms with van der Waals surface area (Å²) in [6, 6.07) is 6.91. The molecule has 1 heterocycles. The van der Waals surface area contributed by atoms with Gasteiger partial charge in [-0.3, -0.25) is 9.48 Å². The van der Waals surface area contributed by atoms with Crippen molar-refractivity contribution in [3.63, 3.8) is 0 Å². The third-order valence-corrected chi connectivity index (χ3v) is 2.80. The van der Waals surface area contributed by atoms with Crippen LogP contribution < -0.4 is 11.1 Å². The number of benzene rings is 1. The van der Waals surface area contributed by atoms with Gasteiger partial charge in [0.1, 0.15) is 5.69 Å². The molecule has 5 nitrogen and oxygen atoms in total. The zero-order valence-corrected chi connectivity index (χ0v) is 10.8. The molecule has 2 rings (SSSR count). The average Bonchev–Trinajstić information content (AvgIpc) is 2.53. The van der Waals surface area contributed by atoms with Crippen molar-refractivity contribution in [3.05, 3.63) is 40.7 Å². The number of nitrogens with zero attached hydrogens (tertiary/aromatic N) is 2. The Kier molecular flexibility index (Phi) is 3.25. The normalized spacial score (nSPS) is 10.4. The minimum Gasteiger partial charge on any atom is -0.395 e. The predicted molar refractivity (Wildman–Crippen MR) is 71.8 cm³/mol. The Morgan fingerprint density at radius 3 is 2.78 bits per heavy atom. The van der Waals surface area contributed by atoms with E-state index in [1.54, 1.807) is 38.2 Å². The number of carbonyl (C=O) groups is 1. The van der Waals surface area contributed by atoms with Gasteiger partial charge >= 0.3 is 0 Å². The number of halogens is 1. The van der Waals surface area contributed by atoms with Crippen molar-refractivity contribution in [1.29, 1.82) is 0 Å². The molecule has 6 heteroatoms. The smallest absolute Gasteiger partial charge is 0.276 e. The monoisotopic (exact) mass is 264 g/mol. The lowest BCUT2D eigenvalue weighted by Crippen LogP contribution is -2.17. The van der Waals surface area contributed by atoms with Gasteiger partial charge in [0.25, 0.3) is 5.91 Å². The molecule has 0 radical (unpaired) electrons. The predicted octanol–water partition coefficient (Wildman–Crippen LogP) is 2.22. The molecule has 0 bridgehead atoms. The van der Waals surface area contributed by atoms with E-state index in [1.165, 1.54) is 4.68 Å². The van der Waals surface area contributed by atoms with Gasteiger partial charge in [-0.05, 0) is 25.1 Å². The van der Waals surface area contributed by atoms with Crippen LogP contribution in [0.5, 0.6) is 0 Å². The van der Waals surface area contributed by atoms with E-state index < -0.39 is 0 Å². The number of hydrogen-bond acceptors (Lipinski definition) is 3. The highest BCUT2D eigenvalue weighted by Crippen LogP contribution is 2.19. The Bertz CT molecular complexity index is 606. The molecule has 94 valence electrons. The molecule has 0 saturated heterocycles. The van der Waals surface area contributed by atoms with Crippen molar-refractivity contribution in [2.24, 2.45) is 7.05 Å². The molecule has 0 aliphatic heterocycles. The number of nitrogens with one attached hydrogen (secondary N) is 1. The summed E-state index contributed by atoms with van der Waals surface area (Å²) in [5.74, 6) is -0.308. The summed E-state index contributed by atoms with van der Waals surface area (Å²) in [6.07, 6.45) is 0. The Morgan fingerprint density at radius 2 is 2.22 bits per heavy atom. The van der Waals surface area contributed by atoms with Crippen molar-refractivity contribution >= 4 is 28.9 Å². The second kappa shape index (κ2) is 4.70. The van der Waals surface area contributed by atoms with Crippen molar-refractivity contribution in [2.75, 3.05) is 11.1 Å². The maximum absolute atomic E-state index is 12.1. The third kappa shape index (κ3) is 2.31. The van der Waals surface area contributed by atoms with Gasteiger partial charge in [0.15, 0.2) is 0 Å². The van der Waals surface area contributed by atoms with E-state index in [-0.39, 0.29) is 5.91 Å². The SMILES string of the molecule is Cc1nn(C)c(C(=O)Nc2cccc(Cl)c2)c1N. The Morgan fingerprint density at radius 1 is 1.50 bits per heavy atom. The van der Waals surface area contributed by atoms with Crippen molar-refractivity contribution in [1.82, 2.24) is 9.78 Å². The number of carbonyl (C=O) groups excluding carboxylic acids is 1. The summed E-state index contributed by atoms with van der Waals surface area (Å²) in [7, 11) is 1.68. The van der Waals surface area contributed by atoms with Crippen molar-refractivity contribution in [2.45, 2.75) is 6.92 Å². The van der Waals surface area contributed by atoms with Crippen LogP contribution in [0.3, 0.4) is 0 Å². The largest absolute Gasteiger partial charge is 0.395 e. The molecule has 1 amide bonds. The van der Waals surface area contributed by atoms with E-state index in [2.05, 4.69) is 10.4 Å². The topological polar surface area (TPSA) is 72.9 Å². The van der Waals surface area contributed by atoms with Crippen molar-refractivity contribution < 1.29 is 4.79 Å². The van der Waals surface area contributed by atoms with Crippen LogP contribution in [-0.2, 0) is 7.05 Å². The highest BCUT2D eigenvalue weighted by Gasteiger charge is 2.17. The quantitative estimate of drug-likeness (QED) is 0.873. The molecule has 0 saturated carbocycles. The second-order valence-electron chi connectivity index (χ2n) is 3.94. The fourth-order valence-corrected chi connectivity index (χ4v) is 1.89. The summed E-state index contributed by atoms with van der Waals surface area (Å²) >= 11 is 5.85. The number of aromatic nitrogens is 2. The molecule has 0 aliphatic carbocycles. The Labute approximate surface area is 110 Å². The molecule has 2 aromatic rings. The molecule has 0 spiro atoms. The van der Waals surface area contributed by atoms with Gasteiger partial charge in [-0.2, -0.15) is 5.10 Å². The average molecular weight is 265 g/mol. The summed E-state index contributed by atoms with van der Waals surface area (Å²) in [5.41, 5.74) is 7.79. The zero-order valence-electron chi connectivity index (χ0n) is 10.1. The molecule has 0 fully saturated rings. The summed E-state index contributed by atoms with van der Waals surface area (Å²) in [5, 5.41) is 7.38. The van der Waals surface area contributed by atoms with E-state index in [0.29, 0.717) is 27.8 Å². The second-order valence-corrected chi connectivity index (χ2v) is 4.37. The van der Waals surface area contributed by atoms with Crippen LogP contribution in [-0.4, -0.2) is 15.7 Å². The van der Waals surface area contributed by atoms with E-state index in [9.17, 15) is 4.79 Å². The Balaban J connectivity index is 2.27. The minimum atomic E-state index is -0.308. The van der Waals surface area contributed by atoms with E-state index in [0.717, 1.165) is 0 Å². The van der Waals surface area contributed by atoms with Crippen LogP contribution in [0.1, 0.15) is 16.2 Å². The zero-order chi connectivity index (χ0) is 13.3. The lowest BCUT2D eigenvalue weighted by molar-refractivity contribution is 0.101. The molecular weight excluding hydrogens is 252 g/mol. The van der Waals surface area contributed by atoms with Gasteiger partial charge in [-0.25, -0.2) is 0 Å². The van der Waals surface area contributed by atoms with Gasteiger partial charge in [-0.15, -0.1) is 0 Å². The minimum absolute atomic E-state index is 0.308. The molecule has 3 N–H and O–H groups in total. The molecule has 1 aromatic carbocycles. The van der Waals surface area contributed by atoms with E-state index in [1.807, 2.05) is 0 Å². The third-order valence-electron chi connectivity index (χ3n) is 2.57. The molecule has 1 aromatic heterocycles. The van der Waals surface area contributed by atoms with Gasteiger partial charge in [-0.1, -0.05) is 17.7 Å². The number of nitrogen functional groups attached to an aromatic ring is 1. The highest BCUT2D eigenvalue weighted by molar-refractivity contribution is 6.31. The molecule has 18 heavy (non-hydrogen) atoms.